The molecule has 1 aliphatic heterocycles. The first kappa shape index (κ1) is 27.1. The number of nitrogens with one attached hydrogen (secondary N) is 2. The van der Waals surface area contributed by atoms with Crippen LogP contribution in [0.4, 0.5) is 13.2 Å². The minimum absolute atomic E-state index is 0.187. The molecular formula is C26H29ClF3N5O2. The van der Waals surface area contributed by atoms with Gasteiger partial charge in [-0.2, -0.15) is 0 Å². The van der Waals surface area contributed by atoms with Crippen LogP contribution in [0, 0.1) is 11.7 Å². The number of aromatic nitrogens is 3. The van der Waals surface area contributed by atoms with Gasteiger partial charge in [-0.1, -0.05) is 41.1 Å². The van der Waals surface area contributed by atoms with Crippen LogP contribution in [0.3, 0.4) is 0 Å². The average Bonchev–Trinajstić information content (AvgIpc) is 3.37. The predicted molar refractivity (Wildman–Crippen MR) is 134 cm³/mol. The molecule has 2 atom stereocenters. The maximum absolute atomic E-state index is 14.3. The van der Waals surface area contributed by atoms with Crippen molar-refractivity contribution in [1.29, 1.82) is 0 Å². The SMILES string of the molecule is CCOC(=O)[C@@H](C[C@@H](Cc1ccc(-c2cc(Cl)ccc2F)cc1)NCc1cnn[nH]1)CN1CC(F)(F)C1. The lowest BCUT2D eigenvalue weighted by molar-refractivity contribution is -0.158. The number of rotatable bonds is 12. The summed E-state index contributed by atoms with van der Waals surface area (Å²) in [6.07, 6.45) is 2.53. The Morgan fingerprint density at radius 1 is 1.24 bits per heavy atom. The van der Waals surface area contributed by atoms with Crippen LogP contribution in [-0.4, -0.2) is 64.5 Å². The van der Waals surface area contributed by atoms with Gasteiger partial charge in [0.1, 0.15) is 5.82 Å². The Balaban J connectivity index is 1.49. The second-order valence-electron chi connectivity index (χ2n) is 9.29. The number of carbonyl (C=O) groups is 1. The van der Waals surface area contributed by atoms with Crippen molar-refractivity contribution in [3.05, 3.63) is 70.8 Å². The first-order chi connectivity index (χ1) is 17.7. The summed E-state index contributed by atoms with van der Waals surface area (Å²) in [5, 5.41) is 14.2. The van der Waals surface area contributed by atoms with E-state index >= 15 is 0 Å². The standard InChI is InChI=1S/C26H29ClF3N5O2/c1-2-37-25(36)19(14-35-15-26(29,30)16-35)10-21(31-12-22-13-32-34-33-22)9-17-3-5-18(6-4-17)23-11-20(27)7-8-24(23)28/h3-8,11,13,19,21,31H,2,9-10,12,14-16H2,1H3,(H,32,33,34)/t19-,21+/m0/s1. The number of alkyl halides is 2. The van der Waals surface area contributed by atoms with Crippen LogP contribution in [0.2, 0.25) is 5.02 Å². The van der Waals surface area contributed by atoms with Crippen molar-refractivity contribution in [1.82, 2.24) is 25.6 Å². The van der Waals surface area contributed by atoms with E-state index in [1.54, 1.807) is 24.1 Å². The molecule has 1 aliphatic rings. The van der Waals surface area contributed by atoms with E-state index in [9.17, 15) is 18.0 Å². The molecule has 2 aromatic carbocycles. The fourth-order valence-electron chi connectivity index (χ4n) is 4.52. The average molecular weight is 536 g/mol. The van der Waals surface area contributed by atoms with Gasteiger partial charge in [-0.05, 0) is 49.1 Å². The second kappa shape index (κ2) is 12.1. The number of aromatic amines is 1. The topological polar surface area (TPSA) is 83.1 Å². The first-order valence-electron chi connectivity index (χ1n) is 12.1. The summed E-state index contributed by atoms with van der Waals surface area (Å²) in [7, 11) is 0. The number of nitrogens with zero attached hydrogens (tertiary/aromatic N) is 3. The minimum Gasteiger partial charge on any atom is -0.466 e. The summed E-state index contributed by atoms with van der Waals surface area (Å²) in [6.45, 7) is 1.85. The van der Waals surface area contributed by atoms with Gasteiger partial charge in [0.25, 0.3) is 5.92 Å². The number of H-pyrrole nitrogens is 1. The van der Waals surface area contributed by atoms with Crippen LogP contribution in [0.5, 0.6) is 0 Å². The van der Waals surface area contributed by atoms with Gasteiger partial charge >= 0.3 is 5.97 Å². The molecule has 0 unspecified atom stereocenters. The molecule has 0 radical (unpaired) electrons. The number of hydrogen-bond acceptors (Lipinski definition) is 6. The van der Waals surface area contributed by atoms with E-state index in [4.69, 9.17) is 16.3 Å². The van der Waals surface area contributed by atoms with E-state index in [0.717, 1.165) is 11.3 Å². The third-order valence-corrected chi connectivity index (χ3v) is 6.53. The fourth-order valence-corrected chi connectivity index (χ4v) is 4.69. The van der Waals surface area contributed by atoms with Crippen LogP contribution >= 0.6 is 11.6 Å². The Hall–Kier alpha value is -2.95. The van der Waals surface area contributed by atoms with E-state index < -0.39 is 17.8 Å². The van der Waals surface area contributed by atoms with E-state index in [1.165, 1.54) is 12.1 Å². The Morgan fingerprint density at radius 2 is 2.00 bits per heavy atom. The van der Waals surface area contributed by atoms with E-state index in [0.29, 0.717) is 35.5 Å². The first-order valence-corrected chi connectivity index (χ1v) is 12.5. The maximum Gasteiger partial charge on any atom is 0.310 e. The zero-order valence-electron chi connectivity index (χ0n) is 20.4. The van der Waals surface area contributed by atoms with E-state index in [2.05, 4.69) is 20.7 Å². The molecule has 37 heavy (non-hydrogen) atoms. The Labute approximate surface area is 218 Å². The molecule has 0 aliphatic carbocycles. The Kier molecular flexibility index (Phi) is 8.83. The van der Waals surface area contributed by atoms with Gasteiger partial charge < -0.3 is 10.1 Å². The molecule has 0 saturated carbocycles. The quantitative estimate of drug-likeness (QED) is 0.333. The number of ether oxygens (including phenoxy) is 1. The molecule has 198 valence electrons. The second-order valence-corrected chi connectivity index (χ2v) is 9.73. The van der Waals surface area contributed by atoms with Crippen LogP contribution in [-0.2, 0) is 22.5 Å². The maximum atomic E-state index is 14.3. The molecule has 0 bridgehead atoms. The lowest BCUT2D eigenvalue weighted by atomic mass is 9.92. The number of likely N-dealkylation sites (tertiary alicyclic amines) is 1. The number of halogens is 4. The minimum atomic E-state index is -2.71. The molecular weight excluding hydrogens is 507 g/mol. The van der Waals surface area contributed by atoms with Crippen molar-refractivity contribution in [3.8, 4) is 11.1 Å². The number of carbonyl (C=O) groups excluding carboxylic acids is 1. The summed E-state index contributed by atoms with van der Waals surface area (Å²) in [4.78, 5) is 14.3. The van der Waals surface area contributed by atoms with Crippen molar-refractivity contribution in [2.75, 3.05) is 26.2 Å². The van der Waals surface area contributed by atoms with Crippen LogP contribution in [0.25, 0.3) is 11.1 Å². The zero-order chi connectivity index (χ0) is 26.4. The molecule has 0 spiro atoms. The van der Waals surface area contributed by atoms with Crippen LogP contribution < -0.4 is 5.32 Å². The number of hydrogen-bond donors (Lipinski definition) is 2. The largest absolute Gasteiger partial charge is 0.466 e. The molecule has 11 heteroatoms. The fraction of sp³-hybridized carbons (Fsp3) is 0.423. The highest BCUT2D eigenvalue weighted by molar-refractivity contribution is 6.30. The summed E-state index contributed by atoms with van der Waals surface area (Å²) >= 11 is 6.04. The number of benzene rings is 2. The van der Waals surface area contributed by atoms with Crippen molar-refractivity contribution in [2.45, 2.75) is 38.3 Å². The molecule has 2 N–H and O–H groups in total. The van der Waals surface area contributed by atoms with Crippen molar-refractivity contribution in [3.63, 3.8) is 0 Å². The van der Waals surface area contributed by atoms with Crippen molar-refractivity contribution >= 4 is 17.6 Å². The molecule has 2 heterocycles. The highest BCUT2D eigenvalue weighted by Crippen LogP contribution is 2.29. The van der Waals surface area contributed by atoms with Gasteiger partial charge in [-0.15, -0.1) is 5.10 Å². The summed E-state index contributed by atoms with van der Waals surface area (Å²) in [5.74, 6) is -4.05. The van der Waals surface area contributed by atoms with E-state index in [-0.39, 0.29) is 38.1 Å². The highest BCUT2D eigenvalue weighted by Gasteiger charge is 2.45. The Bertz CT molecular complexity index is 1170. The predicted octanol–water partition coefficient (Wildman–Crippen LogP) is 4.49. The molecule has 7 nitrogen and oxygen atoms in total. The van der Waals surface area contributed by atoms with Gasteiger partial charge in [-0.25, -0.2) is 13.2 Å². The summed E-state index contributed by atoms with van der Waals surface area (Å²) < 4.78 is 46.4. The monoisotopic (exact) mass is 535 g/mol. The van der Waals surface area contributed by atoms with Crippen molar-refractivity contribution < 1.29 is 22.7 Å². The number of esters is 1. The third-order valence-electron chi connectivity index (χ3n) is 6.30. The molecule has 1 fully saturated rings. The lowest BCUT2D eigenvalue weighted by Crippen LogP contribution is -2.58. The highest BCUT2D eigenvalue weighted by atomic mass is 35.5. The van der Waals surface area contributed by atoms with Gasteiger partial charge in [0.15, 0.2) is 0 Å². The van der Waals surface area contributed by atoms with Gasteiger partial charge in [0.2, 0.25) is 0 Å². The van der Waals surface area contributed by atoms with Crippen molar-refractivity contribution in [2.24, 2.45) is 5.92 Å². The van der Waals surface area contributed by atoms with Gasteiger partial charge in [0, 0.05) is 29.7 Å². The zero-order valence-corrected chi connectivity index (χ0v) is 21.1. The smallest absolute Gasteiger partial charge is 0.310 e. The normalized spacial score (nSPS) is 16.7. The molecule has 3 aromatic rings. The summed E-state index contributed by atoms with van der Waals surface area (Å²) in [5.41, 5.74) is 2.84. The lowest BCUT2D eigenvalue weighted by Gasteiger charge is -2.40. The summed E-state index contributed by atoms with van der Waals surface area (Å²) in [6, 6.07) is 11.7. The molecule has 4 rings (SSSR count). The van der Waals surface area contributed by atoms with Gasteiger partial charge in [0.05, 0.1) is 37.5 Å². The Morgan fingerprint density at radius 3 is 2.65 bits per heavy atom. The third kappa shape index (κ3) is 7.53. The van der Waals surface area contributed by atoms with Gasteiger partial charge in [-0.3, -0.25) is 14.8 Å². The van der Waals surface area contributed by atoms with E-state index in [1.807, 2.05) is 24.3 Å². The molecule has 0 amide bonds. The van der Waals surface area contributed by atoms with Crippen LogP contribution in [0.1, 0.15) is 24.6 Å². The molecule has 1 aromatic heterocycles. The molecule has 1 saturated heterocycles. The van der Waals surface area contributed by atoms with Crippen LogP contribution in [0.15, 0.2) is 48.7 Å².